The van der Waals surface area contributed by atoms with Crippen molar-refractivity contribution >= 4 is 0 Å². The maximum absolute atomic E-state index is 10.7. The smallest absolute Gasteiger partial charge is 0.119 e. The molecule has 0 aromatic heterocycles. The average molecular weight is 324 g/mol. The van der Waals surface area contributed by atoms with E-state index in [4.69, 9.17) is 0 Å². The van der Waals surface area contributed by atoms with E-state index in [-0.39, 0.29) is 5.41 Å². The summed E-state index contributed by atoms with van der Waals surface area (Å²) in [5.41, 5.74) is 1.57. The topological polar surface area (TPSA) is 40.5 Å². The summed E-state index contributed by atoms with van der Waals surface area (Å²) in [5.74, 6) is 2.08. The van der Waals surface area contributed by atoms with Crippen LogP contribution >= 0.6 is 0 Å². The summed E-state index contributed by atoms with van der Waals surface area (Å²) >= 11 is 0. The fourth-order valence-corrected chi connectivity index (χ4v) is 4.88. The van der Waals surface area contributed by atoms with Crippen molar-refractivity contribution in [3.05, 3.63) is 59.7 Å². The van der Waals surface area contributed by atoms with Crippen LogP contribution in [-0.2, 0) is 5.41 Å². The molecule has 2 heteroatoms. The Balaban J connectivity index is 2.32. The Morgan fingerprint density at radius 3 is 1.83 bits per heavy atom. The summed E-state index contributed by atoms with van der Waals surface area (Å²) in [6, 6.07) is 15.3. The van der Waals surface area contributed by atoms with Crippen molar-refractivity contribution < 1.29 is 10.2 Å². The lowest BCUT2D eigenvalue weighted by atomic mass is 9.54. The van der Waals surface area contributed by atoms with Gasteiger partial charge in [-0.25, -0.2) is 0 Å². The largest absolute Gasteiger partial charge is 0.508 e. The van der Waals surface area contributed by atoms with Gasteiger partial charge in [0.05, 0.1) is 0 Å². The molecule has 1 aliphatic carbocycles. The summed E-state index contributed by atoms with van der Waals surface area (Å²) in [7, 11) is 0. The zero-order valence-corrected chi connectivity index (χ0v) is 14.9. The molecule has 1 saturated carbocycles. The second-order valence-corrected chi connectivity index (χ2v) is 7.74. The number of hydrogen-bond donors (Lipinski definition) is 2. The van der Waals surface area contributed by atoms with E-state index in [1.807, 2.05) is 36.4 Å². The van der Waals surface area contributed by atoms with Gasteiger partial charge in [-0.2, -0.15) is 0 Å². The van der Waals surface area contributed by atoms with Gasteiger partial charge in [0.2, 0.25) is 0 Å². The molecule has 2 aromatic carbocycles. The molecule has 1 fully saturated rings. The molecule has 24 heavy (non-hydrogen) atoms. The zero-order valence-electron chi connectivity index (χ0n) is 14.9. The van der Waals surface area contributed by atoms with E-state index in [1.54, 1.807) is 12.1 Å². The first kappa shape index (κ1) is 16.9. The molecule has 2 atom stereocenters. The molecule has 3 rings (SSSR count). The maximum atomic E-state index is 10.7. The van der Waals surface area contributed by atoms with Gasteiger partial charge in [-0.15, -0.1) is 0 Å². The Hall–Kier alpha value is -1.96. The predicted octanol–water partition coefficient (Wildman–Crippen LogP) is 5.48. The van der Waals surface area contributed by atoms with Crippen LogP contribution in [0.3, 0.4) is 0 Å². The summed E-state index contributed by atoms with van der Waals surface area (Å²) in [4.78, 5) is 0. The first-order valence-corrected chi connectivity index (χ1v) is 9.03. The molecule has 2 aromatic rings. The van der Waals surface area contributed by atoms with E-state index in [1.165, 1.54) is 6.42 Å². The van der Waals surface area contributed by atoms with E-state index < -0.39 is 0 Å². The van der Waals surface area contributed by atoms with Crippen LogP contribution in [0, 0.1) is 17.8 Å². The number of phenols is 2. The van der Waals surface area contributed by atoms with E-state index in [2.05, 4.69) is 20.8 Å². The van der Waals surface area contributed by atoms with Gasteiger partial charge in [-0.05, 0) is 42.7 Å². The molecule has 2 unspecified atom stereocenters. The van der Waals surface area contributed by atoms with Crippen molar-refractivity contribution in [3.63, 3.8) is 0 Å². The van der Waals surface area contributed by atoms with E-state index in [0.717, 1.165) is 24.0 Å². The molecule has 2 nitrogen and oxygen atoms in total. The van der Waals surface area contributed by atoms with Crippen LogP contribution in [0.25, 0.3) is 0 Å². The number of phenolic OH excluding ortho intramolecular Hbond substituents is 2. The molecule has 0 amide bonds. The highest BCUT2D eigenvalue weighted by molar-refractivity contribution is 5.52. The highest BCUT2D eigenvalue weighted by atomic mass is 16.3. The quantitative estimate of drug-likeness (QED) is 0.785. The highest BCUT2D eigenvalue weighted by Gasteiger charge is 2.49. The van der Waals surface area contributed by atoms with Gasteiger partial charge in [0.15, 0.2) is 0 Å². The van der Waals surface area contributed by atoms with Gasteiger partial charge in [-0.3, -0.25) is 0 Å². The standard InChI is InChI=1S/C22H28O2/c1-15(2)17-13-12-16(3)14-22(17,18-8-4-6-10-20(18)23)19-9-5-7-11-21(19)24/h4-11,15-17,23-24H,12-14H2,1-3H3. The average Bonchev–Trinajstić information content (AvgIpc) is 2.55. The van der Waals surface area contributed by atoms with E-state index in [0.29, 0.717) is 29.3 Å². The molecule has 0 spiro atoms. The summed E-state index contributed by atoms with van der Waals surface area (Å²) in [6.07, 6.45) is 3.26. The Morgan fingerprint density at radius 1 is 0.875 bits per heavy atom. The molecule has 0 bridgehead atoms. The number of rotatable bonds is 3. The first-order valence-electron chi connectivity index (χ1n) is 9.03. The minimum Gasteiger partial charge on any atom is -0.508 e. The fraction of sp³-hybridized carbons (Fsp3) is 0.455. The summed E-state index contributed by atoms with van der Waals surface area (Å²) in [5, 5.41) is 21.4. The lowest BCUT2D eigenvalue weighted by Gasteiger charge is -2.49. The monoisotopic (exact) mass is 324 g/mol. The molecular formula is C22H28O2. The second-order valence-electron chi connectivity index (χ2n) is 7.74. The molecule has 1 aliphatic rings. The fourth-order valence-electron chi connectivity index (χ4n) is 4.88. The Labute approximate surface area is 145 Å². The van der Waals surface area contributed by atoms with Crippen LogP contribution in [0.2, 0.25) is 0 Å². The van der Waals surface area contributed by atoms with Crippen molar-refractivity contribution in [3.8, 4) is 11.5 Å². The van der Waals surface area contributed by atoms with Crippen LogP contribution in [0.5, 0.6) is 11.5 Å². The number of para-hydroxylation sites is 2. The number of benzene rings is 2. The molecule has 0 aliphatic heterocycles. The van der Waals surface area contributed by atoms with Crippen molar-refractivity contribution in [1.82, 2.24) is 0 Å². The van der Waals surface area contributed by atoms with Crippen LogP contribution in [0.1, 0.15) is 51.2 Å². The van der Waals surface area contributed by atoms with Gasteiger partial charge in [-0.1, -0.05) is 63.6 Å². The van der Waals surface area contributed by atoms with Crippen LogP contribution in [0.15, 0.2) is 48.5 Å². The van der Waals surface area contributed by atoms with Crippen LogP contribution < -0.4 is 0 Å². The third-order valence-corrected chi connectivity index (χ3v) is 5.85. The van der Waals surface area contributed by atoms with Gasteiger partial charge in [0.25, 0.3) is 0 Å². The molecular weight excluding hydrogens is 296 g/mol. The number of aromatic hydroxyl groups is 2. The Morgan fingerprint density at radius 2 is 1.38 bits per heavy atom. The molecule has 0 radical (unpaired) electrons. The number of hydrogen-bond acceptors (Lipinski definition) is 2. The molecule has 128 valence electrons. The first-order chi connectivity index (χ1) is 11.5. The predicted molar refractivity (Wildman–Crippen MR) is 98.3 cm³/mol. The van der Waals surface area contributed by atoms with Gasteiger partial charge in [0, 0.05) is 16.5 Å². The highest BCUT2D eigenvalue weighted by Crippen LogP contribution is 2.56. The summed E-state index contributed by atoms with van der Waals surface area (Å²) < 4.78 is 0. The SMILES string of the molecule is CC1CCC(C(C)C)C(c2ccccc2O)(c2ccccc2O)C1. The maximum Gasteiger partial charge on any atom is 0.119 e. The third-order valence-electron chi connectivity index (χ3n) is 5.85. The van der Waals surface area contributed by atoms with E-state index >= 15 is 0 Å². The summed E-state index contributed by atoms with van der Waals surface area (Å²) in [6.45, 7) is 6.80. The van der Waals surface area contributed by atoms with Crippen LogP contribution in [-0.4, -0.2) is 10.2 Å². The lowest BCUT2D eigenvalue weighted by molar-refractivity contribution is 0.130. The van der Waals surface area contributed by atoms with E-state index in [9.17, 15) is 10.2 Å². The second kappa shape index (κ2) is 6.51. The zero-order chi connectivity index (χ0) is 17.3. The van der Waals surface area contributed by atoms with Crippen LogP contribution in [0.4, 0.5) is 0 Å². The third kappa shape index (κ3) is 2.68. The molecule has 0 heterocycles. The normalized spacial score (nSPS) is 23.3. The minimum atomic E-state index is -0.345. The van der Waals surface area contributed by atoms with Crippen molar-refractivity contribution in [2.45, 2.75) is 45.4 Å². The van der Waals surface area contributed by atoms with Crippen molar-refractivity contribution in [2.24, 2.45) is 17.8 Å². The Bertz CT molecular complexity index is 659. The van der Waals surface area contributed by atoms with Crippen molar-refractivity contribution in [2.75, 3.05) is 0 Å². The Kier molecular flexibility index (Phi) is 4.58. The van der Waals surface area contributed by atoms with Gasteiger partial charge < -0.3 is 10.2 Å². The minimum absolute atomic E-state index is 0.334. The lowest BCUT2D eigenvalue weighted by Crippen LogP contribution is -2.44. The molecule has 0 saturated heterocycles. The van der Waals surface area contributed by atoms with Gasteiger partial charge in [0.1, 0.15) is 11.5 Å². The molecule has 2 N–H and O–H groups in total. The van der Waals surface area contributed by atoms with Crippen molar-refractivity contribution in [1.29, 1.82) is 0 Å². The van der Waals surface area contributed by atoms with Gasteiger partial charge >= 0.3 is 0 Å².